The minimum Gasteiger partial charge on any atom is -0.313 e. The van der Waals surface area contributed by atoms with Gasteiger partial charge in [0.05, 0.1) is 0 Å². The summed E-state index contributed by atoms with van der Waals surface area (Å²) < 4.78 is 1.91. The lowest BCUT2D eigenvalue weighted by atomic mass is 10.4. The van der Waals surface area contributed by atoms with Gasteiger partial charge in [-0.25, -0.2) is 5.90 Å². The third kappa shape index (κ3) is 1.75. The maximum absolute atomic E-state index is 4.91. The van der Waals surface area contributed by atoms with E-state index >= 15 is 0 Å². The number of rotatable bonds is 3. The van der Waals surface area contributed by atoms with Crippen LogP contribution in [0.5, 0.6) is 0 Å². The minimum atomic E-state index is 0.304. The molecule has 2 N–H and O–H groups in total. The Morgan fingerprint density at radius 1 is 1.73 bits per heavy atom. The fourth-order valence-corrected chi connectivity index (χ4v) is 0.876. The van der Waals surface area contributed by atoms with Gasteiger partial charge in [-0.2, -0.15) is 0 Å². The van der Waals surface area contributed by atoms with Crippen LogP contribution in [0.15, 0.2) is 6.33 Å². The molecule has 0 aliphatic carbocycles. The topological polar surface area (TPSA) is 66.0 Å². The molecule has 1 heterocycles. The van der Waals surface area contributed by atoms with Gasteiger partial charge in [-0.15, -0.1) is 10.2 Å². The van der Waals surface area contributed by atoms with Crippen molar-refractivity contribution in [2.45, 2.75) is 26.5 Å². The molecule has 0 fully saturated rings. The van der Waals surface area contributed by atoms with Crippen LogP contribution in [0, 0.1) is 0 Å². The predicted octanol–water partition coefficient (Wildman–Crippen LogP) is 0.249. The van der Waals surface area contributed by atoms with E-state index in [9.17, 15) is 0 Å². The largest absolute Gasteiger partial charge is 0.313 e. The number of hydrogen-bond donors (Lipinski definition) is 1. The van der Waals surface area contributed by atoms with Crippen LogP contribution in [-0.4, -0.2) is 14.8 Å². The summed E-state index contributed by atoms with van der Waals surface area (Å²) in [4.78, 5) is 4.45. The zero-order chi connectivity index (χ0) is 8.27. The van der Waals surface area contributed by atoms with E-state index < -0.39 is 0 Å². The Bertz CT molecular complexity index is 220. The summed E-state index contributed by atoms with van der Waals surface area (Å²) in [6, 6.07) is 0.343. The fourth-order valence-electron chi connectivity index (χ4n) is 0.876. The van der Waals surface area contributed by atoms with Crippen molar-refractivity contribution < 1.29 is 4.84 Å². The molecule has 11 heavy (non-hydrogen) atoms. The second kappa shape index (κ2) is 3.45. The smallest absolute Gasteiger partial charge is 0.161 e. The van der Waals surface area contributed by atoms with Crippen molar-refractivity contribution in [3.05, 3.63) is 12.2 Å². The van der Waals surface area contributed by atoms with Crippen molar-refractivity contribution in [1.82, 2.24) is 14.8 Å². The van der Waals surface area contributed by atoms with Crippen LogP contribution in [0.3, 0.4) is 0 Å². The van der Waals surface area contributed by atoms with E-state index in [2.05, 4.69) is 15.0 Å². The maximum Gasteiger partial charge on any atom is 0.161 e. The zero-order valence-corrected chi connectivity index (χ0v) is 6.69. The normalized spacial score (nSPS) is 10.9. The number of nitrogens with two attached hydrogens (primary N) is 1. The van der Waals surface area contributed by atoms with Crippen molar-refractivity contribution >= 4 is 0 Å². The summed E-state index contributed by atoms with van der Waals surface area (Å²) in [5.74, 6) is 5.66. The summed E-state index contributed by atoms with van der Waals surface area (Å²) in [6.07, 6.45) is 1.67. The maximum atomic E-state index is 4.91. The van der Waals surface area contributed by atoms with Crippen LogP contribution >= 0.6 is 0 Å². The first-order valence-corrected chi connectivity index (χ1v) is 3.45. The fraction of sp³-hybridized carbons (Fsp3) is 0.667. The number of aromatic nitrogens is 3. The third-order valence-electron chi connectivity index (χ3n) is 1.42. The lowest BCUT2D eigenvalue weighted by Gasteiger charge is -2.08. The highest BCUT2D eigenvalue weighted by molar-refractivity contribution is 4.84. The average Bonchev–Trinajstić information content (AvgIpc) is 2.36. The zero-order valence-electron chi connectivity index (χ0n) is 6.69. The SMILES string of the molecule is CC(C)n1cnnc1CON. The summed E-state index contributed by atoms with van der Waals surface area (Å²) >= 11 is 0. The van der Waals surface area contributed by atoms with Crippen molar-refractivity contribution in [2.75, 3.05) is 0 Å². The molecule has 0 radical (unpaired) electrons. The van der Waals surface area contributed by atoms with Gasteiger partial charge in [0.2, 0.25) is 0 Å². The highest BCUT2D eigenvalue weighted by Gasteiger charge is 2.05. The molecule has 0 amide bonds. The van der Waals surface area contributed by atoms with Crippen molar-refractivity contribution in [2.24, 2.45) is 5.90 Å². The Morgan fingerprint density at radius 2 is 2.45 bits per heavy atom. The Balaban J connectivity index is 2.78. The van der Waals surface area contributed by atoms with Crippen LogP contribution in [0.1, 0.15) is 25.7 Å². The molecule has 1 rings (SSSR count). The van der Waals surface area contributed by atoms with Gasteiger partial charge in [0.1, 0.15) is 12.9 Å². The van der Waals surface area contributed by atoms with Gasteiger partial charge in [0.25, 0.3) is 0 Å². The molecular formula is C6H12N4O. The molecule has 5 nitrogen and oxygen atoms in total. The molecule has 1 aromatic rings. The van der Waals surface area contributed by atoms with E-state index in [1.54, 1.807) is 6.33 Å². The molecule has 0 bridgehead atoms. The second-order valence-corrected chi connectivity index (χ2v) is 2.56. The van der Waals surface area contributed by atoms with Crippen LogP contribution in [-0.2, 0) is 11.4 Å². The molecule has 0 unspecified atom stereocenters. The van der Waals surface area contributed by atoms with Gasteiger partial charge < -0.3 is 4.57 Å². The van der Waals surface area contributed by atoms with E-state index in [0.29, 0.717) is 12.6 Å². The van der Waals surface area contributed by atoms with Gasteiger partial charge in [0, 0.05) is 6.04 Å². The van der Waals surface area contributed by atoms with Crippen LogP contribution in [0.2, 0.25) is 0 Å². The molecule has 0 aliphatic heterocycles. The summed E-state index contributed by atoms with van der Waals surface area (Å²) in [5.41, 5.74) is 0. The summed E-state index contributed by atoms with van der Waals surface area (Å²) in [5, 5.41) is 7.57. The first-order valence-electron chi connectivity index (χ1n) is 3.45. The Morgan fingerprint density at radius 3 is 3.00 bits per heavy atom. The quantitative estimate of drug-likeness (QED) is 0.637. The molecule has 0 saturated carbocycles. The van der Waals surface area contributed by atoms with E-state index in [-0.39, 0.29) is 0 Å². The van der Waals surface area contributed by atoms with Gasteiger partial charge >= 0.3 is 0 Å². The van der Waals surface area contributed by atoms with Crippen molar-refractivity contribution in [1.29, 1.82) is 0 Å². The van der Waals surface area contributed by atoms with E-state index in [1.807, 2.05) is 18.4 Å². The van der Waals surface area contributed by atoms with Crippen molar-refractivity contribution in [3.8, 4) is 0 Å². The molecule has 1 aromatic heterocycles. The molecular weight excluding hydrogens is 144 g/mol. The van der Waals surface area contributed by atoms with E-state index in [0.717, 1.165) is 5.82 Å². The minimum absolute atomic E-state index is 0.304. The molecule has 0 spiro atoms. The Labute approximate surface area is 65.1 Å². The molecule has 0 aromatic carbocycles. The van der Waals surface area contributed by atoms with Crippen LogP contribution < -0.4 is 5.90 Å². The first kappa shape index (κ1) is 8.16. The molecule has 0 aliphatic rings. The predicted molar refractivity (Wildman–Crippen MR) is 39.4 cm³/mol. The van der Waals surface area contributed by atoms with Gasteiger partial charge in [-0.05, 0) is 13.8 Å². The number of nitrogens with zero attached hydrogens (tertiary/aromatic N) is 3. The van der Waals surface area contributed by atoms with Crippen LogP contribution in [0.4, 0.5) is 0 Å². The lowest BCUT2D eigenvalue weighted by Crippen LogP contribution is -2.09. The average molecular weight is 156 g/mol. The highest BCUT2D eigenvalue weighted by Crippen LogP contribution is 2.05. The molecule has 0 saturated heterocycles. The monoisotopic (exact) mass is 156 g/mol. The first-order chi connectivity index (χ1) is 5.25. The number of hydrogen-bond acceptors (Lipinski definition) is 4. The van der Waals surface area contributed by atoms with E-state index in [4.69, 9.17) is 5.90 Å². The van der Waals surface area contributed by atoms with Gasteiger partial charge in [-0.3, -0.25) is 4.84 Å². The molecule has 62 valence electrons. The molecule has 5 heteroatoms. The van der Waals surface area contributed by atoms with Gasteiger partial charge in [-0.1, -0.05) is 0 Å². The Hall–Kier alpha value is -0.940. The van der Waals surface area contributed by atoms with Crippen LogP contribution in [0.25, 0.3) is 0 Å². The molecule has 0 atom stereocenters. The lowest BCUT2D eigenvalue weighted by molar-refractivity contribution is 0.114. The standard InChI is InChI=1S/C6H12N4O/c1-5(2)10-4-8-9-6(10)3-11-7/h4-5H,3,7H2,1-2H3. The summed E-state index contributed by atoms with van der Waals surface area (Å²) in [6.45, 7) is 4.39. The van der Waals surface area contributed by atoms with Gasteiger partial charge in [0.15, 0.2) is 5.82 Å². The van der Waals surface area contributed by atoms with E-state index in [1.165, 1.54) is 0 Å². The van der Waals surface area contributed by atoms with Crippen molar-refractivity contribution in [3.63, 3.8) is 0 Å². The summed E-state index contributed by atoms with van der Waals surface area (Å²) in [7, 11) is 0. The Kier molecular flexibility index (Phi) is 2.56. The third-order valence-corrected chi connectivity index (χ3v) is 1.42. The highest BCUT2D eigenvalue weighted by atomic mass is 16.6. The second-order valence-electron chi connectivity index (χ2n) is 2.56.